The average Bonchev–Trinajstić information content (AvgIpc) is 2.02. The molecule has 0 aliphatic heterocycles. The number of hydrogen-bond donors (Lipinski definition) is 2. The highest BCUT2D eigenvalue weighted by atomic mass is 19.4. The summed E-state index contributed by atoms with van der Waals surface area (Å²) in [5.74, 6) is 0. The van der Waals surface area contributed by atoms with Crippen LogP contribution in [-0.4, -0.2) is 6.30 Å². The lowest BCUT2D eigenvalue weighted by Gasteiger charge is -2.10. The summed E-state index contributed by atoms with van der Waals surface area (Å²) in [6, 6.07) is 8.05. The molecule has 1 aromatic carbocycles. The first-order valence-corrected chi connectivity index (χ1v) is 3.23. The van der Waals surface area contributed by atoms with Crippen LogP contribution in [0.15, 0.2) is 30.3 Å². The zero-order chi connectivity index (χ0) is 9.03. The molecule has 0 atom stereocenters. The summed E-state index contributed by atoms with van der Waals surface area (Å²) >= 11 is 0. The van der Waals surface area contributed by atoms with E-state index in [4.69, 9.17) is 0 Å². The number of benzene rings is 1. The third-order valence-electron chi connectivity index (χ3n) is 1.12. The lowest BCUT2D eigenvalue weighted by atomic mass is 10.3. The molecular formula is C7H7F3N2. The van der Waals surface area contributed by atoms with Gasteiger partial charge in [0.05, 0.1) is 0 Å². The van der Waals surface area contributed by atoms with Crippen LogP contribution in [0.25, 0.3) is 0 Å². The SMILES string of the molecule is FC(F)(F)NNc1ccccc1. The van der Waals surface area contributed by atoms with Gasteiger partial charge in [-0.1, -0.05) is 18.2 Å². The normalized spacial score (nSPS) is 11.2. The van der Waals surface area contributed by atoms with Crippen LogP contribution in [0.3, 0.4) is 0 Å². The number of para-hydroxylation sites is 1. The highest BCUT2D eigenvalue weighted by Crippen LogP contribution is 2.10. The Balaban J connectivity index is 2.44. The van der Waals surface area contributed by atoms with E-state index in [1.807, 2.05) is 5.43 Å². The summed E-state index contributed by atoms with van der Waals surface area (Å²) in [4.78, 5) is 0. The maximum Gasteiger partial charge on any atom is 0.474 e. The van der Waals surface area contributed by atoms with Crippen molar-refractivity contribution in [2.75, 3.05) is 5.43 Å². The van der Waals surface area contributed by atoms with Gasteiger partial charge in [-0.05, 0) is 12.1 Å². The molecule has 12 heavy (non-hydrogen) atoms. The van der Waals surface area contributed by atoms with Crippen molar-refractivity contribution in [1.29, 1.82) is 0 Å². The molecule has 5 heteroatoms. The van der Waals surface area contributed by atoms with Gasteiger partial charge in [0.15, 0.2) is 0 Å². The molecule has 0 heterocycles. The summed E-state index contributed by atoms with van der Waals surface area (Å²) in [5.41, 5.74) is 3.57. The average molecular weight is 176 g/mol. The Morgan fingerprint density at radius 2 is 1.58 bits per heavy atom. The van der Waals surface area contributed by atoms with Gasteiger partial charge < -0.3 is 5.43 Å². The summed E-state index contributed by atoms with van der Waals surface area (Å²) in [6.07, 6.45) is -4.41. The third-order valence-corrected chi connectivity index (χ3v) is 1.12. The first-order chi connectivity index (χ1) is 5.58. The molecule has 2 nitrogen and oxygen atoms in total. The van der Waals surface area contributed by atoms with Crippen molar-refractivity contribution in [3.05, 3.63) is 30.3 Å². The van der Waals surface area contributed by atoms with E-state index in [1.54, 1.807) is 18.2 Å². The number of alkyl halides is 3. The van der Waals surface area contributed by atoms with Crippen molar-refractivity contribution in [2.24, 2.45) is 0 Å². The molecule has 2 N–H and O–H groups in total. The maximum atomic E-state index is 11.6. The Morgan fingerprint density at radius 3 is 2.08 bits per heavy atom. The predicted molar refractivity (Wildman–Crippen MR) is 39.3 cm³/mol. The van der Waals surface area contributed by atoms with Gasteiger partial charge in [0.2, 0.25) is 0 Å². The van der Waals surface area contributed by atoms with E-state index in [0.29, 0.717) is 5.69 Å². The van der Waals surface area contributed by atoms with Crippen molar-refractivity contribution < 1.29 is 13.2 Å². The minimum Gasteiger partial charge on any atom is -0.314 e. The van der Waals surface area contributed by atoms with E-state index in [0.717, 1.165) is 0 Å². The van der Waals surface area contributed by atoms with Gasteiger partial charge >= 0.3 is 6.30 Å². The Kier molecular flexibility index (Phi) is 2.54. The highest BCUT2D eigenvalue weighted by molar-refractivity contribution is 5.41. The number of hydrogen-bond acceptors (Lipinski definition) is 2. The Morgan fingerprint density at radius 1 is 1.00 bits per heavy atom. The summed E-state index contributed by atoms with van der Waals surface area (Å²) in [5, 5.41) is 0. The molecule has 0 amide bonds. The summed E-state index contributed by atoms with van der Waals surface area (Å²) in [6.45, 7) is 0. The molecule has 0 fully saturated rings. The fourth-order valence-corrected chi connectivity index (χ4v) is 0.665. The fourth-order valence-electron chi connectivity index (χ4n) is 0.665. The Bertz CT molecular complexity index is 232. The molecule has 66 valence electrons. The maximum absolute atomic E-state index is 11.6. The second-order valence-electron chi connectivity index (χ2n) is 2.11. The van der Waals surface area contributed by atoms with Gasteiger partial charge in [-0.15, -0.1) is 5.43 Å². The predicted octanol–water partition coefficient (Wildman–Crippen LogP) is 2.12. The first kappa shape index (κ1) is 8.86. The molecule has 0 spiro atoms. The molecule has 0 saturated heterocycles. The van der Waals surface area contributed by atoms with Crippen molar-refractivity contribution in [1.82, 2.24) is 5.43 Å². The number of rotatable bonds is 2. The highest BCUT2D eigenvalue weighted by Gasteiger charge is 2.26. The fraction of sp³-hybridized carbons (Fsp3) is 0.143. The first-order valence-electron chi connectivity index (χ1n) is 3.23. The molecule has 0 aliphatic rings. The molecule has 0 bridgehead atoms. The van der Waals surface area contributed by atoms with Gasteiger partial charge in [0.25, 0.3) is 0 Å². The number of halogens is 3. The smallest absolute Gasteiger partial charge is 0.314 e. The van der Waals surface area contributed by atoms with Crippen molar-refractivity contribution in [3.63, 3.8) is 0 Å². The molecule has 0 saturated carbocycles. The molecule has 0 aromatic heterocycles. The molecule has 0 unspecified atom stereocenters. The van der Waals surface area contributed by atoms with Gasteiger partial charge in [-0.2, -0.15) is 13.2 Å². The number of nitrogens with one attached hydrogen (secondary N) is 2. The summed E-state index contributed by atoms with van der Waals surface area (Å²) in [7, 11) is 0. The van der Waals surface area contributed by atoms with Crippen LogP contribution in [0.2, 0.25) is 0 Å². The molecule has 0 aliphatic carbocycles. The lowest BCUT2D eigenvalue weighted by molar-refractivity contribution is -0.151. The molecule has 0 radical (unpaired) electrons. The third kappa shape index (κ3) is 3.25. The van der Waals surface area contributed by atoms with E-state index in [1.165, 1.54) is 17.6 Å². The van der Waals surface area contributed by atoms with E-state index in [2.05, 4.69) is 0 Å². The number of anilines is 1. The second kappa shape index (κ2) is 3.44. The van der Waals surface area contributed by atoms with Gasteiger partial charge in [0, 0.05) is 5.69 Å². The van der Waals surface area contributed by atoms with Crippen LogP contribution >= 0.6 is 0 Å². The number of hydrazine groups is 1. The van der Waals surface area contributed by atoms with Gasteiger partial charge in [-0.3, -0.25) is 0 Å². The zero-order valence-corrected chi connectivity index (χ0v) is 6.02. The van der Waals surface area contributed by atoms with Crippen LogP contribution in [0.1, 0.15) is 0 Å². The lowest BCUT2D eigenvalue weighted by Crippen LogP contribution is -2.36. The van der Waals surface area contributed by atoms with Crippen LogP contribution in [-0.2, 0) is 0 Å². The second-order valence-corrected chi connectivity index (χ2v) is 2.11. The van der Waals surface area contributed by atoms with Gasteiger partial charge in [-0.25, -0.2) is 0 Å². The molecular weight excluding hydrogens is 169 g/mol. The Hall–Kier alpha value is -1.23. The zero-order valence-electron chi connectivity index (χ0n) is 6.02. The Labute approximate surface area is 67.4 Å². The largest absolute Gasteiger partial charge is 0.474 e. The molecule has 1 aromatic rings. The van der Waals surface area contributed by atoms with Crippen LogP contribution in [0.4, 0.5) is 18.9 Å². The monoisotopic (exact) mass is 176 g/mol. The molecule has 1 rings (SSSR count). The van der Waals surface area contributed by atoms with Crippen molar-refractivity contribution >= 4 is 5.69 Å². The van der Waals surface area contributed by atoms with Crippen LogP contribution in [0, 0.1) is 0 Å². The quantitative estimate of drug-likeness (QED) is 0.532. The van der Waals surface area contributed by atoms with Gasteiger partial charge in [0.1, 0.15) is 0 Å². The van der Waals surface area contributed by atoms with E-state index in [9.17, 15) is 13.2 Å². The topological polar surface area (TPSA) is 24.1 Å². The van der Waals surface area contributed by atoms with Crippen LogP contribution in [0.5, 0.6) is 0 Å². The van der Waals surface area contributed by atoms with Crippen LogP contribution < -0.4 is 10.9 Å². The van der Waals surface area contributed by atoms with E-state index >= 15 is 0 Å². The minimum absolute atomic E-state index is 0.370. The standard InChI is InChI=1S/C7H7F3N2/c8-7(9,10)12-11-6-4-2-1-3-5-6/h1-5,11-12H. The minimum atomic E-state index is -4.41. The van der Waals surface area contributed by atoms with E-state index < -0.39 is 6.30 Å². The van der Waals surface area contributed by atoms with Crippen molar-refractivity contribution in [3.8, 4) is 0 Å². The summed E-state index contributed by atoms with van der Waals surface area (Å²) < 4.78 is 34.7. The van der Waals surface area contributed by atoms with E-state index in [-0.39, 0.29) is 0 Å². The van der Waals surface area contributed by atoms with Crippen molar-refractivity contribution in [2.45, 2.75) is 6.30 Å².